The number of rotatable bonds is 4. The molecular weight excluding hydrogens is 192 g/mol. The van der Waals surface area contributed by atoms with Crippen molar-refractivity contribution in [1.29, 1.82) is 0 Å². The molecule has 74 valence electrons. The number of halogens is 1. The van der Waals surface area contributed by atoms with Crippen molar-refractivity contribution in [1.82, 2.24) is 10.2 Å². The second-order valence-electron chi connectivity index (χ2n) is 2.31. The fourth-order valence-electron chi connectivity index (χ4n) is 0.743. The van der Waals surface area contributed by atoms with E-state index in [1.54, 1.807) is 6.08 Å². The van der Waals surface area contributed by atoms with Gasteiger partial charge in [0.2, 0.25) is 5.91 Å². The zero-order valence-corrected chi connectivity index (χ0v) is 8.30. The van der Waals surface area contributed by atoms with Gasteiger partial charge in [-0.05, 0) is 6.92 Å². The lowest BCUT2D eigenvalue weighted by molar-refractivity contribution is -0.117. The van der Waals surface area contributed by atoms with Crippen molar-refractivity contribution < 1.29 is 9.59 Å². The van der Waals surface area contributed by atoms with E-state index in [0.717, 1.165) is 0 Å². The first-order valence-corrected chi connectivity index (χ1v) is 4.44. The number of likely N-dealkylation sites (N-methyl/N-ethyl adjacent to an activating group) is 1. The van der Waals surface area contributed by atoms with Crippen LogP contribution in [0.15, 0.2) is 12.7 Å². The fraction of sp³-hybridized carbons (Fsp3) is 0.500. The number of imide groups is 1. The van der Waals surface area contributed by atoms with Crippen molar-refractivity contribution in [2.24, 2.45) is 0 Å². The van der Waals surface area contributed by atoms with E-state index in [1.807, 2.05) is 6.92 Å². The monoisotopic (exact) mass is 204 g/mol. The third-order valence-corrected chi connectivity index (χ3v) is 1.63. The van der Waals surface area contributed by atoms with Crippen LogP contribution < -0.4 is 5.32 Å². The highest BCUT2D eigenvalue weighted by Gasteiger charge is 2.11. The van der Waals surface area contributed by atoms with Crippen LogP contribution in [0.2, 0.25) is 0 Å². The molecule has 0 rings (SSSR count). The topological polar surface area (TPSA) is 49.4 Å². The Labute approximate surface area is 82.5 Å². The van der Waals surface area contributed by atoms with E-state index in [0.29, 0.717) is 13.1 Å². The minimum atomic E-state index is -0.492. The Morgan fingerprint density at radius 1 is 1.62 bits per heavy atom. The number of hydrogen-bond acceptors (Lipinski definition) is 2. The molecule has 0 aromatic rings. The summed E-state index contributed by atoms with van der Waals surface area (Å²) in [6.07, 6.45) is 1.59. The Bertz CT molecular complexity index is 206. The van der Waals surface area contributed by atoms with Crippen LogP contribution in [-0.4, -0.2) is 35.8 Å². The normalized spacial score (nSPS) is 9.08. The Balaban J connectivity index is 4.05. The van der Waals surface area contributed by atoms with E-state index in [9.17, 15) is 9.59 Å². The molecule has 1 N–H and O–H groups in total. The van der Waals surface area contributed by atoms with E-state index in [1.165, 1.54) is 4.90 Å². The summed E-state index contributed by atoms with van der Waals surface area (Å²) in [4.78, 5) is 23.4. The van der Waals surface area contributed by atoms with E-state index < -0.39 is 11.9 Å². The molecule has 0 bridgehead atoms. The molecule has 0 fully saturated rings. The van der Waals surface area contributed by atoms with E-state index in [-0.39, 0.29) is 5.88 Å². The second-order valence-corrected chi connectivity index (χ2v) is 2.58. The summed E-state index contributed by atoms with van der Waals surface area (Å²) in [5, 5.41) is 2.13. The lowest BCUT2D eigenvalue weighted by Crippen LogP contribution is -2.43. The average molecular weight is 205 g/mol. The van der Waals surface area contributed by atoms with Crippen molar-refractivity contribution in [3.63, 3.8) is 0 Å². The Kier molecular flexibility index (Phi) is 5.97. The molecule has 0 aliphatic heterocycles. The maximum atomic E-state index is 11.2. The maximum Gasteiger partial charge on any atom is 0.324 e. The lowest BCUT2D eigenvalue weighted by Gasteiger charge is -2.18. The zero-order valence-electron chi connectivity index (χ0n) is 7.55. The molecule has 0 aliphatic carbocycles. The minimum absolute atomic E-state index is 0.211. The third-order valence-electron chi connectivity index (χ3n) is 1.39. The zero-order chi connectivity index (χ0) is 10.3. The van der Waals surface area contributed by atoms with E-state index >= 15 is 0 Å². The lowest BCUT2D eigenvalue weighted by atomic mass is 10.5. The highest BCUT2D eigenvalue weighted by atomic mass is 35.5. The second kappa shape index (κ2) is 6.48. The number of hydrogen-bond donors (Lipinski definition) is 1. The molecule has 0 unspecified atom stereocenters. The highest BCUT2D eigenvalue weighted by Crippen LogP contribution is 1.89. The van der Waals surface area contributed by atoms with E-state index in [4.69, 9.17) is 11.6 Å². The third kappa shape index (κ3) is 4.52. The largest absolute Gasteiger partial charge is 0.324 e. The highest BCUT2D eigenvalue weighted by molar-refractivity contribution is 6.28. The van der Waals surface area contributed by atoms with Gasteiger partial charge in [0.15, 0.2) is 0 Å². The van der Waals surface area contributed by atoms with Crippen LogP contribution in [0.3, 0.4) is 0 Å². The first-order valence-electron chi connectivity index (χ1n) is 3.91. The van der Waals surface area contributed by atoms with Gasteiger partial charge in [-0.25, -0.2) is 4.79 Å². The van der Waals surface area contributed by atoms with Gasteiger partial charge in [-0.1, -0.05) is 6.08 Å². The smallest absolute Gasteiger partial charge is 0.321 e. The van der Waals surface area contributed by atoms with Crippen LogP contribution in [0.25, 0.3) is 0 Å². The van der Waals surface area contributed by atoms with Crippen molar-refractivity contribution in [2.45, 2.75) is 6.92 Å². The predicted molar refractivity (Wildman–Crippen MR) is 51.7 cm³/mol. The minimum Gasteiger partial charge on any atom is -0.321 e. The molecule has 13 heavy (non-hydrogen) atoms. The van der Waals surface area contributed by atoms with E-state index in [2.05, 4.69) is 11.9 Å². The molecule has 0 aromatic heterocycles. The first-order chi connectivity index (χ1) is 6.15. The van der Waals surface area contributed by atoms with Crippen LogP contribution in [-0.2, 0) is 4.79 Å². The number of carbonyl (C=O) groups excluding carboxylic acids is 2. The van der Waals surface area contributed by atoms with Gasteiger partial charge < -0.3 is 4.90 Å². The molecular formula is C8H13ClN2O2. The summed E-state index contributed by atoms with van der Waals surface area (Å²) in [6, 6.07) is -0.437. The quantitative estimate of drug-likeness (QED) is 0.548. The average Bonchev–Trinajstić information content (AvgIpc) is 2.13. The molecule has 0 aromatic carbocycles. The molecule has 0 saturated carbocycles. The van der Waals surface area contributed by atoms with Gasteiger partial charge in [0.25, 0.3) is 0 Å². The first kappa shape index (κ1) is 12.0. The van der Waals surface area contributed by atoms with Gasteiger partial charge in [0, 0.05) is 13.1 Å². The number of amides is 3. The van der Waals surface area contributed by atoms with Crippen LogP contribution in [0.5, 0.6) is 0 Å². The van der Waals surface area contributed by atoms with Gasteiger partial charge in [-0.3, -0.25) is 10.1 Å². The maximum absolute atomic E-state index is 11.2. The SMILES string of the molecule is C=CCN(CC)C(=O)NC(=O)CCl. The summed E-state index contributed by atoms with van der Waals surface area (Å²) in [7, 11) is 0. The number of nitrogens with one attached hydrogen (secondary N) is 1. The summed E-state index contributed by atoms with van der Waals surface area (Å²) >= 11 is 5.22. The predicted octanol–water partition coefficient (Wildman–Crippen LogP) is 0.969. The van der Waals surface area contributed by atoms with Gasteiger partial charge in [0.05, 0.1) is 0 Å². The summed E-state index contributed by atoms with van der Waals surface area (Å²) in [5.41, 5.74) is 0. The van der Waals surface area contributed by atoms with Gasteiger partial charge in [-0.2, -0.15) is 0 Å². The fourth-order valence-corrected chi connectivity index (χ4v) is 0.810. The molecule has 0 saturated heterocycles. The van der Waals surface area contributed by atoms with Crippen molar-refractivity contribution in [3.05, 3.63) is 12.7 Å². The Hall–Kier alpha value is -1.03. The molecule has 0 aliphatic rings. The number of urea groups is 1. The number of carbonyl (C=O) groups is 2. The van der Waals surface area contributed by atoms with Crippen LogP contribution in [0.1, 0.15) is 6.92 Å². The molecule has 4 nitrogen and oxygen atoms in total. The summed E-state index contributed by atoms with van der Waals surface area (Å²) < 4.78 is 0. The Morgan fingerprint density at radius 2 is 2.23 bits per heavy atom. The molecule has 5 heteroatoms. The number of nitrogens with zero attached hydrogens (tertiary/aromatic N) is 1. The number of alkyl halides is 1. The molecule has 0 atom stereocenters. The van der Waals surface area contributed by atoms with Crippen LogP contribution >= 0.6 is 11.6 Å². The van der Waals surface area contributed by atoms with Crippen LogP contribution in [0.4, 0.5) is 4.79 Å². The summed E-state index contributed by atoms with van der Waals surface area (Å²) in [6.45, 7) is 6.25. The van der Waals surface area contributed by atoms with Crippen molar-refractivity contribution in [2.75, 3.05) is 19.0 Å². The van der Waals surface area contributed by atoms with Gasteiger partial charge in [-0.15, -0.1) is 18.2 Å². The molecule has 0 spiro atoms. The Morgan fingerprint density at radius 3 is 2.62 bits per heavy atom. The standard InChI is InChI=1S/C8H13ClN2O2/c1-3-5-11(4-2)8(13)10-7(12)6-9/h3H,1,4-6H2,2H3,(H,10,12,13). The molecule has 0 radical (unpaired) electrons. The van der Waals surface area contributed by atoms with Crippen LogP contribution in [0, 0.1) is 0 Å². The summed E-state index contributed by atoms with van der Waals surface area (Å²) in [5.74, 6) is -0.702. The van der Waals surface area contributed by atoms with Gasteiger partial charge in [0.1, 0.15) is 5.88 Å². The van der Waals surface area contributed by atoms with Gasteiger partial charge >= 0.3 is 6.03 Å². The van der Waals surface area contributed by atoms with Crippen molar-refractivity contribution >= 4 is 23.5 Å². The van der Waals surface area contributed by atoms with Crippen molar-refractivity contribution in [3.8, 4) is 0 Å². The molecule has 0 heterocycles. The molecule has 3 amide bonds.